The second-order valence-corrected chi connectivity index (χ2v) is 7.73. The molecule has 160 valence electrons. The Morgan fingerprint density at radius 3 is 2.39 bits per heavy atom. The first-order valence-electron chi connectivity index (χ1n) is 10.7. The molecule has 0 spiro atoms. The van der Waals surface area contributed by atoms with Gasteiger partial charge in [-0.15, -0.1) is 0 Å². The topological polar surface area (TPSA) is 66.7 Å². The molecule has 3 atom stereocenters. The molecule has 0 saturated carbocycles. The highest BCUT2D eigenvalue weighted by atomic mass is 16.5. The van der Waals surface area contributed by atoms with Gasteiger partial charge in [-0.05, 0) is 37.0 Å². The maximum Gasteiger partial charge on any atom is 0.331 e. The SMILES string of the molecule is CCOC(=O)[C@@H]1[C@@H](c2ccccc2)N1C(=O)[C@@H]1CCCN1C(=O)/C=C/c1ccccc1. The zero-order chi connectivity index (χ0) is 21.8. The van der Waals surface area contributed by atoms with Gasteiger partial charge in [0.1, 0.15) is 6.04 Å². The van der Waals surface area contributed by atoms with Crippen molar-refractivity contribution < 1.29 is 19.1 Å². The van der Waals surface area contributed by atoms with Crippen LogP contribution in [0.25, 0.3) is 6.08 Å². The fourth-order valence-electron chi connectivity index (χ4n) is 4.26. The molecule has 0 bridgehead atoms. The third kappa shape index (κ3) is 4.38. The Hall–Kier alpha value is -3.41. The number of benzene rings is 2. The fraction of sp³-hybridized carbons (Fsp3) is 0.320. The summed E-state index contributed by atoms with van der Waals surface area (Å²) in [6.07, 6.45) is 4.63. The molecule has 31 heavy (non-hydrogen) atoms. The minimum atomic E-state index is -0.632. The first-order chi connectivity index (χ1) is 15.1. The Morgan fingerprint density at radius 1 is 1.03 bits per heavy atom. The Labute approximate surface area is 182 Å². The molecule has 0 unspecified atom stereocenters. The van der Waals surface area contributed by atoms with Crippen molar-refractivity contribution in [2.75, 3.05) is 13.2 Å². The summed E-state index contributed by atoms with van der Waals surface area (Å²) in [5.74, 6) is -0.777. The van der Waals surface area contributed by atoms with Crippen LogP contribution in [0.4, 0.5) is 0 Å². The summed E-state index contributed by atoms with van der Waals surface area (Å²) in [5, 5.41) is 0. The zero-order valence-corrected chi connectivity index (χ0v) is 17.5. The molecular weight excluding hydrogens is 392 g/mol. The van der Waals surface area contributed by atoms with Crippen molar-refractivity contribution in [3.05, 3.63) is 77.9 Å². The smallest absolute Gasteiger partial charge is 0.331 e. The molecule has 2 amide bonds. The van der Waals surface area contributed by atoms with Crippen molar-refractivity contribution in [3.8, 4) is 0 Å². The highest BCUT2D eigenvalue weighted by molar-refractivity contribution is 5.99. The van der Waals surface area contributed by atoms with E-state index in [-0.39, 0.29) is 24.5 Å². The summed E-state index contributed by atoms with van der Waals surface area (Å²) < 4.78 is 5.20. The lowest BCUT2D eigenvalue weighted by molar-refractivity contribution is -0.146. The van der Waals surface area contributed by atoms with Crippen LogP contribution in [0.5, 0.6) is 0 Å². The number of carbonyl (C=O) groups is 3. The van der Waals surface area contributed by atoms with Crippen molar-refractivity contribution in [1.29, 1.82) is 0 Å². The van der Waals surface area contributed by atoms with Crippen LogP contribution in [0.2, 0.25) is 0 Å². The molecule has 2 heterocycles. The van der Waals surface area contributed by atoms with Gasteiger partial charge in [0, 0.05) is 12.6 Å². The van der Waals surface area contributed by atoms with E-state index in [1.54, 1.807) is 22.8 Å². The normalized spacial score (nSPS) is 22.5. The number of ether oxygens (including phenoxy) is 1. The lowest BCUT2D eigenvalue weighted by Gasteiger charge is -2.23. The number of hydrogen-bond donors (Lipinski definition) is 0. The highest BCUT2D eigenvalue weighted by Gasteiger charge is 2.59. The standard InChI is InChI=1S/C25H26N2O4/c1-2-31-25(30)23-22(19-12-7-4-8-13-19)27(23)24(29)20-14-9-17-26(20)21(28)16-15-18-10-5-3-6-11-18/h3-8,10-13,15-16,20,22-23H,2,9,14,17H2,1H3/b16-15+/t20-,22+,23-,27?/m0/s1. The minimum absolute atomic E-state index is 0.189. The van der Waals surface area contributed by atoms with E-state index in [9.17, 15) is 14.4 Å². The van der Waals surface area contributed by atoms with Gasteiger partial charge in [0.25, 0.3) is 0 Å². The van der Waals surface area contributed by atoms with E-state index in [0.717, 1.165) is 17.5 Å². The summed E-state index contributed by atoms with van der Waals surface area (Å²) in [7, 11) is 0. The maximum atomic E-state index is 13.4. The van der Waals surface area contributed by atoms with Crippen LogP contribution < -0.4 is 0 Å². The first kappa shape index (κ1) is 20.8. The van der Waals surface area contributed by atoms with E-state index in [0.29, 0.717) is 13.0 Å². The molecule has 6 heteroatoms. The monoisotopic (exact) mass is 418 g/mol. The van der Waals surface area contributed by atoms with Crippen molar-refractivity contribution in [2.24, 2.45) is 0 Å². The summed E-state index contributed by atoms with van der Waals surface area (Å²) in [4.78, 5) is 41.9. The molecule has 0 radical (unpaired) electrons. The largest absolute Gasteiger partial charge is 0.464 e. The van der Waals surface area contributed by atoms with Crippen molar-refractivity contribution in [3.63, 3.8) is 0 Å². The van der Waals surface area contributed by atoms with Gasteiger partial charge in [0.2, 0.25) is 11.8 Å². The van der Waals surface area contributed by atoms with Crippen LogP contribution in [0.15, 0.2) is 66.7 Å². The van der Waals surface area contributed by atoms with Crippen molar-refractivity contribution >= 4 is 23.9 Å². The van der Waals surface area contributed by atoms with E-state index in [2.05, 4.69) is 0 Å². The van der Waals surface area contributed by atoms with Gasteiger partial charge in [-0.1, -0.05) is 60.7 Å². The van der Waals surface area contributed by atoms with E-state index in [1.807, 2.05) is 60.7 Å². The number of amides is 2. The van der Waals surface area contributed by atoms with E-state index in [1.165, 1.54) is 6.08 Å². The molecule has 0 aliphatic carbocycles. The lowest BCUT2D eigenvalue weighted by atomic mass is 10.1. The minimum Gasteiger partial charge on any atom is -0.464 e. The average Bonchev–Trinajstić information content (AvgIpc) is 3.36. The van der Waals surface area contributed by atoms with Crippen LogP contribution in [-0.4, -0.2) is 52.8 Å². The van der Waals surface area contributed by atoms with Crippen molar-refractivity contribution in [1.82, 2.24) is 9.80 Å². The van der Waals surface area contributed by atoms with Crippen LogP contribution in [0.3, 0.4) is 0 Å². The number of likely N-dealkylation sites (tertiary alicyclic amines) is 1. The van der Waals surface area contributed by atoms with Gasteiger partial charge in [-0.2, -0.15) is 0 Å². The quantitative estimate of drug-likeness (QED) is 0.411. The Kier molecular flexibility index (Phi) is 6.16. The highest BCUT2D eigenvalue weighted by Crippen LogP contribution is 2.45. The lowest BCUT2D eigenvalue weighted by Crippen LogP contribution is -2.43. The molecule has 0 N–H and O–H groups in total. The van der Waals surface area contributed by atoms with Gasteiger partial charge in [-0.25, -0.2) is 4.79 Å². The molecular formula is C25H26N2O4. The number of hydrogen-bond acceptors (Lipinski definition) is 4. The molecule has 0 aromatic heterocycles. The first-order valence-corrected chi connectivity index (χ1v) is 10.7. The molecule has 2 saturated heterocycles. The molecule has 2 aromatic rings. The second kappa shape index (κ2) is 9.16. The number of rotatable bonds is 6. The van der Waals surface area contributed by atoms with Crippen LogP contribution in [-0.2, 0) is 19.1 Å². The second-order valence-electron chi connectivity index (χ2n) is 7.73. The summed E-state index contributed by atoms with van der Waals surface area (Å²) in [5.41, 5.74) is 1.82. The Bertz CT molecular complexity index is 974. The average molecular weight is 418 g/mol. The predicted molar refractivity (Wildman–Crippen MR) is 117 cm³/mol. The molecule has 2 aromatic carbocycles. The Morgan fingerprint density at radius 2 is 1.71 bits per heavy atom. The molecule has 2 fully saturated rings. The summed E-state index contributed by atoms with van der Waals surface area (Å²) >= 11 is 0. The number of carbonyl (C=O) groups excluding carboxylic acids is 3. The van der Waals surface area contributed by atoms with Crippen LogP contribution >= 0.6 is 0 Å². The summed E-state index contributed by atoms with van der Waals surface area (Å²) in [6.45, 7) is 2.54. The summed E-state index contributed by atoms with van der Waals surface area (Å²) in [6, 6.07) is 17.5. The van der Waals surface area contributed by atoms with Gasteiger partial charge >= 0.3 is 5.97 Å². The fourth-order valence-corrected chi connectivity index (χ4v) is 4.26. The molecule has 6 nitrogen and oxygen atoms in total. The number of esters is 1. The van der Waals surface area contributed by atoms with Gasteiger partial charge < -0.3 is 14.5 Å². The predicted octanol–water partition coefficient (Wildman–Crippen LogP) is 3.21. The number of nitrogens with zero attached hydrogens (tertiary/aromatic N) is 2. The van der Waals surface area contributed by atoms with E-state index < -0.39 is 18.1 Å². The molecule has 2 aliphatic rings. The van der Waals surface area contributed by atoms with E-state index >= 15 is 0 Å². The van der Waals surface area contributed by atoms with Crippen LogP contribution in [0, 0.1) is 0 Å². The van der Waals surface area contributed by atoms with Crippen LogP contribution in [0.1, 0.15) is 36.9 Å². The van der Waals surface area contributed by atoms with Gasteiger partial charge in [-0.3, -0.25) is 9.59 Å². The molecule has 4 rings (SSSR count). The third-order valence-corrected chi connectivity index (χ3v) is 5.77. The van der Waals surface area contributed by atoms with Gasteiger partial charge in [0.05, 0.1) is 12.6 Å². The van der Waals surface area contributed by atoms with Crippen molar-refractivity contribution in [2.45, 2.75) is 37.9 Å². The third-order valence-electron chi connectivity index (χ3n) is 5.77. The van der Waals surface area contributed by atoms with E-state index in [4.69, 9.17) is 4.74 Å². The van der Waals surface area contributed by atoms with Gasteiger partial charge in [0.15, 0.2) is 6.04 Å². The Balaban J connectivity index is 1.50. The maximum absolute atomic E-state index is 13.4. The zero-order valence-electron chi connectivity index (χ0n) is 17.5. The molecule has 2 aliphatic heterocycles.